The summed E-state index contributed by atoms with van der Waals surface area (Å²) in [5.41, 5.74) is 0.770. The lowest BCUT2D eigenvalue weighted by Gasteiger charge is -2.26. The third-order valence-electron chi connectivity index (χ3n) is 3.93. The van der Waals surface area contributed by atoms with Crippen molar-refractivity contribution < 1.29 is 4.74 Å². The molecule has 0 heterocycles. The number of ether oxygens (including phenoxy) is 1. The zero-order chi connectivity index (χ0) is 13.9. The number of rotatable bonds is 6. The number of nitriles is 1. The average molecular weight is 258 g/mol. The molecular weight excluding hydrogens is 236 g/mol. The van der Waals surface area contributed by atoms with E-state index in [4.69, 9.17) is 4.74 Å². The van der Waals surface area contributed by atoms with Gasteiger partial charge in [-0.1, -0.05) is 26.0 Å². The summed E-state index contributed by atoms with van der Waals surface area (Å²) in [5.74, 6) is 1.79. The summed E-state index contributed by atoms with van der Waals surface area (Å²) in [6, 6.07) is 10.5. The van der Waals surface area contributed by atoms with Gasteiger partial charge < -0.3 is 4.74 Å². The van der Waals surface area contributed by atoms with Crippen LogP contribution in [-0.4, -0.2) is 19.2 Å². The molecule has 0 bridgehead atoms. The molecule has 1 atom stereocenters. The van der Waals surface area contributed by atoms with Gasteiger partial charge in [-0.15, -0.1) is 0 Å². The van der Waals surface area contributed by atoms with Gasteiger partial charge in [0.1, 0.15) is 17.9 Å². The first-order valence-corrected chi connectivity index (χ1v) is 6.94. The molecule has 1 fully saturated rings. The molecule has 0 amide bonds. The molecule has 1 aromatic rings. The van der Waals surface area contributed by atoms with Gasteiger partial charge in [-0.25, -0.2) is 0 Å². The Hall–Kier alpha value is -1.53. The molecule has 0 aromatic heterocycles. The van der Waals surface area contributed by atoms with Crippen molar-refractivity contribution in [3.8, 4) is 11.8 Å². The maximum absolute atomic E-state index is 9.39. The second-order valence-corrected chi connectivity index (χ2v) is 5.62. The molecule has 0 aliphatic heterocycles. The number of hydrogen-bond acceptors (Lipinski definition) is 3. The highest BCUT2D eigenvalue weighted by molar-refractivity contribution is 5.29. The summed E-state index contributed by atoms with van der Waals surface area (Å²) < 4.78 is 5.80. The molecule has 1 unspecified atom stereocenters. The van der Waals surface area contributed by atoms with E-state index in [1.807, 2.05) is 19.2 Å². The Labute approximate surface area is 115 Å². The molecule has 1 aromatic carbocycles. The van der Waals surface area contributed by atoms with Gasteiger partial charge in [0.15, 0.2) is 0 Å². The molecule has 19 heavy (non-hydrogen) atoms. The quantitative estimate of drug-likeness (QED) is 0.853. The van der Waals surface area contributed by atoms with Crippen LogP contribution in [0.4, 0.5) is 0 Å². The lowest BCUT2D eigenvalue weighted by molar-refractivity contribution is 0.211. The van der Waals surface area contributed by atoms with Gasteiger partial charge in [0, 0.05) is 0 Å². The summed E-state index contributed by atoms with van der Waals surface area (Å²) in [7, 11) is 1.84. The fourth-order valence-electron chi connectivity index (χ4n) is 2.30. The molecule has 0 saturated heterocycles. The van der Waals surface area contributed by atoms with Crippen molar-refractivity contribution in [2.24, 2.45) is 5.92 Å². The number of likely N-dealkylation sites (N-methyl/N-ethyl adjacent to an activating group) is 1. The van der Waals surface area contributed by atoms with Crippen LogP contribution in [0.15, 0.2) is 24.3 Å². The fourth-order valence-corrected chi connectivity index (χ4v) is 2.30. The topological polar surface area (TPSA) is 45.0 Å². The Bertz CT molecular complexity index is 457. The normalized spacial score (nSPS) is 17.8. The van der Waals surface area contributed by atoms with Crippen molar-refractivity contribution >= 4 is 0 Å². The lowest BCUT2D eigenvalue weighted by Crippen LogP contribution is -2.49. The van der Waals surface area contributed by atoms with Gasteiger partial charge in [0.25, 0.3) is 0 Å². The van der Waals surface area contributed by atoms with E-state index in [1.54, 1.807) is 0 Å². The molecular formula is C16H22N2O. The van der Waals surface area contributed by atoms with Crippen molar-refractivity contribution in [2.45, 2.75) is 38.1 Å². The molecule has 3 nitrogen and oxygen atoms in total. The summed E-state index contributed by atoms with van der Waals surface area (Å²) in [6.07, 6.45) is 2.23. The smallest absolute Gasteiger partial charge is 0.143 e. The molecule has 1 saturated carbocycles. The summed E-state index contributed by atoms with van der Waals surface area (Å²) >= 11 is 0. The van der Waals surface area contributed by atoms with Gasteiger partial charge >= 0.3 is 0 Å². The Morgan fingerprint density at radius 2 is 2.00 bits per heavy atom. The van der Waals surface area contributed by atoms with Crippen LogP contribution in [0.1, 0.15) is 38.2 Å². The zero-order valence-electron chi connectivity index (χ0n) is 11.9. The molecule has 3 heteroatoms. The maximum atomic E-state index is 9.39. The molecule has 0 spiro atoms. The summed E-state index contributed by atoms with van der Waals surface area (Å²) in [5, 5.41) is 12.5. The number of hydrogen-bond donors (Lipinski definition) is 1. The van der Waals surface area contributed by atoms with E-state index >= 15 is 0 Å². The third kappa shape index (κ3) is 3.08. The van der Waals surface area contributed by atoms with Crippen molar-refractivity contribution in [3.05, 3.63) is 29.8 Å². The van der Waals surface area contributed by atoms with Crippen LogP contribution >= 0.6 is 0 Å². The summed E-state index contributed by atoms with van der Waals surface area (Å²) in [6.45, 7) is 4.75. The largest absolute Gasteiger partial charge is 0.491 e. The van der Waals surface area contributed by atoms with Gasteiger partial charge in [0.2, 0.25) is 0 Å². The van der Waals surface area contributed by atoms with Crippen molar-refractivity contribution in [2.75, 3.05) is 13.7 Å². The van der Waals surface area contributed by atoms with Crippen LogP contribution < -0.4 is 10.1 Å². The Balaban J connectivity index is 1.99. The second-order valence-electron chi connectivity index (χ2n) is 5.62. The van der Waals surface area contributed by atoms with Crippen LogP contribution in [0.2, 0.25) is 0 Å². The van der Waals surface area contributed by atoms with Gasteiger partial charge in [-0.05, 0) is 49.4 Å². The van der Waals surface area contributed by atoms with E-state index in [9.17, 15) is 5.26 Å². The molecule has 0 radical (unpaired) electrons. The van der Waals surface area contributed by atoms with Crippen LogP contribution in [0.5, 0.6) is 5.75 Å². The van der Waals surface area contributed by atoms with E-state index in [0.29, 0.717) is 18.4 Å². The Morgan fingerprint density at radius 3 is 2.42 bits per heavy atom. The first kappa shape index (κ1) is 13.9. The predicted octanol–water partition coefficient (Wildman–Crippen LogP) is 3.08. The van der Waals surface area contributed by atoms with Gasteiger partial charge in [0.05, 0.1) is 6.07 Å². The number of nitrogens with one attached hydrogen (secondary N) is 1. The Kier molecular flexibility index (Phi) is 4.11. The molecule has 102 valence electrons. The van der Waals surface area contributed by atoms with Crippen molar-refractivity contribution in [1.29, 1.82) is 5.26 Å². The molecule has 1 aliphatic rings. The first-order valence-electron chi connectivity index (χ1n) is 6.94. The molecule has 1 aliphatic carbocycles. The third-order valence-corrected chi connectivity index (χ3v) is 3.93. The van der Waals surface area contributed by atoms with Crippen LogP contribution in [0.3, 0.4) is 0 Å². The Morgan fingerprint density at radius 1 is 1.37 bits per heavy atom. The van der Waals surface area contributed by atoms with Gasteiger partial charge in [-0.2, -0.15) is 5.26 Å². The minimum Gasteiger partial charge on any atom is -0.491 e. The number of benzene rings is 1. The van der Waals surface area contributed by atoms with Crippen molar-refractivity contribution in [1.82, 2.24) is 5.32 Å². The van der Waals surface area contributed by atoms with Gasteiger partial charge in [-0.3, -0.25) is 5.32 Å². The minimum absolute atomic E-state index is 0.408. The van der Waals surface area contributed by atoms with E-state index in [2.05, 4.69) is 37.4 Å². The molecule has 2 rings (SSSR count). The monoisotopic (exact) mass is 258 g/mol. The van der Waals surface area contributed by atoms with Crippen LogP contribution in [0.25, 0.3) is 0 Å². The number of nitrogens with zero attached hydrogens (tertiary/aromatic N) is 1. The van der Waals surface area contributed by atoms with E-state index in [-0.39, 0.29) is 0 Å². The highest BCUT2D eigenvalue weighted by Gasteiger charge is 2.45. The first-order chi connectivity index (χ1) is 9.11. The van der Waals surface area contributed by atoms with Crippen LogP contribution in [0, 0.1) is 17.2 Å². The summed E-state index contributed by atoms with van der Waals surface area (Å²) in [4.78, 5) is 0. The highest BCUT2D eigenvalue weighted by atomic mass is 16.5. The fraction of sp³-hybridized carbons (Fsp3) is 0.562. The van der Waals surface area contributed by atoms with E-state index in [0.717, 1.165) is 18.6 Å². The van der Waals surface area contributed by atoms with E-state index in [1.165, 1.54) is 5.56 Å². The molecule has 1 N–H and O–H groups in total. The lowest BCUT2D eigenvalue weighted by atomic mass is 9.96. The standard InChI is InChI=1S/C16H22N2O/c1-12(2)13-4-8-15(9-5-13)19-11-16(10-17,18-3)14-6-7-14/h4-5,8-9,12,14,18H,6-7,11H2,1-3H3. The zero-order valence-corrected chi connectivity index (χ0v) is 11.9. The minimum atomic E-state index is -0.531. The second kappa shape index (κ2) is 5.63. The van der Waals surface area contributed by atoms with E-state index < -0.39 is 5.54 Å². The average Bonchev–Trinajstić information content (AvgIpc) is 3.26. The maximum Gasteiger partial charge on any atom is 0.143 e. The SMILES string of the molecule is CNC(C#N)(COc1ccc(C(C)C)cc1)C1CC1. The predicted molar refractivity (Wildman–Crippen MR) is 76.2 cm³/mol. The van der Waals surface area contributed by atoms with Crippen LogP contribution in [-0.2, 0) is 0 Å². The highest BCUT2D eigenvalue weighted by Crippen LogP contribution is 2.39. The van der Waals surface area contributed by atoms with Crippen molar-refractivity contribution in [3.63, 3.8) is 0 Å².